The summed E-state index contributed by atoms with van der Waals surface area (Å²) in [6.07, 6.45) is -9.94. The first-order valence-electron chi connectivity index (χ1n) is 5.84. The average molecular weight is 316 g/mol. The topological polar surface area (TPSA) is 61.3 Å². The molecule has 0 aromatic heterocycles. The van der Waals surface area contributed by atoms with Crippen LogP contribution in [0.5, 0.6) is 5.75 Å². The van der Waals surface area contributed by atoms with Gasteiger partial charge in [0.15, 0.2) is 0 Å². The minimum Gasteiger partial charge on any atom is -0.496 e. The third-order valence-corrected chi connectivity index (χ3v) is 2.84. The molecule has 0 aliphatic carbocycles. The Kier molecular flexibility index (Phi) is 5.11. The van der Waals surface area contributed by atoms with Crippen LogP contribution >= 0.6 is 0 Å². The molecule has 0 amide bonds. The highest BCUT2D eigenvalue weighted by Gasteiger charge is 2.40. The molecule has 0 heterocycles. The summed E-state index contributed by atoms with van der Waals surface area (Å²) in [7, 11) is 0.980. The van der Waals surface area contributed by atoms with Crippen LogP contribution in [0.1, 0.15) is 29.2 Å². The molecule has 0 fully saturated rings. The highest BCUT2D eigenvalue weighted by atomic mass is 19.4. The molecule has 120 valence electrons. The Hall–Kier alpha value is -1.48. The summed E-state index contributed by atoms with van der Waals surface area (Å²) in [6, 6.07) is -0.640. The van der Waals surface area contributed by atoms with Crippen molar-refractivity contribution in [1.82, 2.24) is 0 Å². The van der Waals surface area contributed by atoms with Crippen LogP contribution in [0.15, 0.2) is 12.1 Å². The molecule has 3 nitrogen and oxygen atoms in total. The molecular formula is C12H14F6N2O. The van der Waals surface area contributed by atoms with Crippen LogP contribution in [0.4, 0.5) is 26.3 Å². The van der Waals surface area contributed by atoms with Crippen LogP contribution in [0.25, 0.3) is 0 Å². The van der Waals surface area contributed by atoms with Gasteiger partial charge in [0.1, 0.15) is 5.75 Å². The van der Waals surface area contributed by atoms with Gasteiger partial charge in [-0.25, -0.2) is 0 Å². The second kappa shape index (κ2) is 6.10. The normalized spacial score (nSPS) is 14.1. The van der Waals surface area contributed by atoms with E-state index in [1.54, 1.807) is 0 Å². The Morgan fingerprint density at radius 2 is 1.67 bits per heavy atom. The molecule has 0 spiro atoms. The van der Waals surface area contributed by atoms with Crippen molar-refractivity contribution in [2.45, 2.75) is 24.8 Å². The molecule has 0 unspecified atom stereocenters. The van der Waals surface area contributed by atoms with E-state index in [1.807, 2.05) is 0 Å². The molecule has 4 N–H and O–H groups in total. The molecule has 0 aliphatic rings. The molecule has 0 saturated heterocycles. The lowest BCUT2D eigenvalue weighted by Gasteiger charge is -2.22. The number of benzene rings is 1. The summed E-state index contributed by atoms with van der Waals surface area (Å²) >= 11 is 0. The van der Waals surface area contributed by atoms with Crippen molar-refractivity contribution < 1.29 is 31.1 Å². The minimum atomic E-state index is -4.99. The van der Waals surface area contributed by atoms with Gasteiger partial charge in [-0.2, -0.15) is 26.3 Å². The van der Waals surface area contributed by atoms with Gasteiger partial charge in [0.2, 0.25) is 0 Å². The zero-order chi connectivity index (χ0) is 16.4. The van der Waals surface area contributed by atoms with Crippen molar-refractivity contribution in [3.05, 3.63) is 28.8 Å². The van der Waals surface area contributed by atoms with Gasteiger partial charge in [-0.15, -0.1) is 0 Å². The van der Waals surface area contributed by atoms with E-state index < -0.39 is 40.8 Å². The van der Waals surface area contributed by atoms with E-state index in [-0.39, 0.29) is 19.0 Å². The predicted molar refractivity (Wildman–Crippen MR) is 63.6 cm³/mol. The van der Waals surface area contributed by atoms with E-state index in [0.29, 0.717) is 6.07 Å². The van der Waals surface area contributed by atoms with Crippen LogP contribution in [-0.2, 0) is 12.4 Å². The monoisotopic (exact) mass is 316 g/mol. The van der Waals surface area contributed by atoms with E-state index in [0.717, 1.165) is 7.11 Å². The molecule has 1 aromatic carbocycles. The number of alkyl halides is 6. The van der Waals surface area contributed by atoms with Crippen LogP contribution in [-0.4, -0.2) is 13.7 Å². The number of hydrogen-bond donors (Lipinski definition) is 2. The van der Waals surface area contributed by atoms with Crippen molar-refractivity contribution in [3.63, 3.8) is 0 Å². The fourth-order valence-corrected chi connectivity index (χ4v) is 1.90. The van der Waals surface area contributed by atoms with E-state index in [1.165, 1.54) is 0 Å². The van der Waals surface area contributed by atoms with Gasteiger partial charge in [-0.3, -0.25) is 0 Å². The number of hydrogen-bond acceptors (Lipinski definition) is 3. The standard InChI is InChI=1S/C12H14F6N2O/c1-21-9-5-6(11(13,14)15)4-7(12(16,17)18)10(9)8(20)2-3-19/h4-5,8H,2-3,19-20H2,1H3/t8-/m1/s1. The van der Waals surface area contributed by atoms with Crippen LogP contribution < -0.4 is 16.2 Å². The van der Waals surface area contributed by atoms with Crippen molar-refractivity contribution in [2.24, 2.45) is 11.5 Å². The Bertz CT molecular complexity index is 498. The maximum atomic E-state index is 13.0. The number of nitrogens with two attached hydrogens (primary N) is 2. The summed E-state index contributed by atoms with van der Waals surface area (Å²) in [5, 5.41) is 0. The molecule has 0 aliphatic heterocycles. The Morgan fingerprint density at radius 3 is 2.05 bits per heavy atom. The van der Waals surface area contributed by atoms with Crippen LogP contribution in [0, 0.1) is 0 Å². The molecular weight excluding hydrogens is 302 g/mol. The average Bonchev–Trinajstić information content (AvgIpc) is 2.35. The van der Waals surface area contributed by atoms with Crippen molar-refractivity contribution >= 4 is 0 Å². The SMILES string of the molecule is COc1cc(C(F)(F)F)cc(C(F)(F)F)c1[C@H](N)CCN. The fraction of sp³-hybridized carbons (Fsp3) is 0.500. The molecule has 1 rings (SSSR count). The van der Waals surface area contributed by atoms with E-state index in [4.69, 9.17) is 11.5 Å². The zero-order valence-electron chi connectivity index (χ0n) is 11.0. The van der Waals surface area contributed by atoms with E-state index in [9.17, 15) is 26.3 Å². The lowest BCUT2D eigenvalue weighted by atomic mass is 9.94. The molecule has 9 heteroatoms. The summed E-state index contributed by atoms with van der Waals surface area (Å²) in [4.78, 5) is 0. The van der Waals surface area contributed by atoms with Gasteiger partial charge >= 0.3 is 12.4 Å². The summed E-state index contributed by atoms with van der Waals surface area (Å²) in [5.41, 5.74) is 7.40. The van der Waals surface area contributed by atoms with Gasteiger partial charge in [0, 0.05) is 11.6 Å². The highest BCUT2D eigenvalue weighted by molar-refractivity contribution is 5.48. The minimum absolute atomic E-state index is 0.0113. The van der Waals surface area contributed by atoms with Crippen molar-refractivity contribution in [3.8, 4) is 5.75 Å². The third-order valence-electron chi connectivity index (χ3n) is 2.84. The second-order valence-electron chi connectivity index (χ2n) is 4.32. The van der Waals surface area contributed by atoms with Gasteiger partial charge in [-0.1, -0.05) is 0 Å². The molecule has 21 heavy (non-hydrogen) atoms. The van der Waals surface area contributed by atoms with Gasteiger partial charge < -0.3 is 16.2 Å². The highest BCUT2D eigenvalue weighted by Crippen LogP contribution is 2.43. The maximum absolute atomic E-state index is 13.0. The molecule has 0 bridgehead atoms. The Balaban J connectivity index is 3.60. The van der Waals surface area contributed by atoms with E-state index in [2.05, 4.69) is 4.74 Å². The van der Waals surface area contributed by atoms with Gasteiger partial charge in [-0.05, 0) is 25.1 Å². The number of ether oxygens (including phenoxy) is 1. The lowest BCUT2D eigenvalue weighted by molar-refractivity contribution is -0.143. The Labute approximate surface area is 116 Å². The van der Waals surface area contributed by atoms with Crippen LogP contribution in [0.3, 0.4) is 0 Å². The van der Waals surface area contributed by atoms with Gasteiger partial charge in [0.25, 0.3) is 0 Å². The largest absolute Gasteiger partial charge is 0.496 e. The second-order valence-corrected chi connectivity index (χ2v) is 4.32. The first kappa shape index (κ1) is 17.6. The summed E-state index contributed by atoms with van der Waals surface area (Å²) in [6.45, 7) is -0.0113. The third kappa shape index (κ3) is 4.01. The Morgan fingerprint density at radius 1 is 1.10 bits per heavy atom. The first-order valence-corrected chi connectivity index (χ1v) is 5.84. The fourth-order valence-electron chi connectivity index (χ4n) is 1.90. The lowest BCUT2D eigenvalue weighted by Crippen LogP contribution is -2.22. The van der Waals surface area contributed by atoms with E-state index >= 15 is 0 Å². The molecule has 0 radical (unpaired) electrons. The first-order chi connectivity index (χ1) is 9.52. The zero-order valence-corrected chi connectivity index (χ0v) is 11.0. The smallest absolute Gasteiger partial charge is 0.416 e. The van der Waals surface area contributed by atoms with Gasteiger partial charge in [0.05, 0.1) is 18.2 Å². The quantitative estimate of drug-likeness (QED) is 0.839. The van der Waals surface area contributed by atoms with Crippen molar-refractivity contribution in [2.75, 3.05) is 13.7 Å². The number of rotatable bonds is 4. The van der Waals surface area contributed by atoms with Crippen LogP contribution in [0.2, 0.25) is 0 Å². The predicted octanol–water partition coefficient (Wildman–Crippen LogP) is 3.08. The summed E-state index contributed by atoms with van der Waals surface area (Å²) < 4.78 is 81.8. The molecule has 1 aromatic rings. The molecule has 1 atom stereocenters. The number of halogens is 6. The molecule has 0 saturated carbocycles. The maximum Gasteiger partial charge on any atom is 0.416 e. The number of methoxy groups -OCH3 is 1. The summed E-state index contributed by atoms with van der Waals surface area (Å²) in [5.74, 6) is -0.557. The van der Waals surface area contributed by atoms with Crippen molar-refractivity contribution in [1.29, 1.82) is 0 Å².